The molecule has 0 saturated carbocycles. The first-order valence-electron chi connectivity index (χ1n) is 7.26. The van der Waals surface area contributed by atoms with E-state index in [2.05, 4.69) is 52.4 Å². The molecule has 0 fully saturated rings. The first kappa shape index (κ1) is 16.2. The highest BCUT2D eigenvalue weighted by atomic mass is 79.9. The maximum Gasteiger partial charge on any atom is 0.137 e. The van der Waals surface area contributed by atoms with Crippen LogP contribution < -0.4 is 5.32 Å². The molecule has 0 aromatic heterocycles. The van der Waals surface area contributed by atoms with E-state index in [-0.39, 0.29) is 5.82 Å². The molecule has 2 aromatic rings. The largest absolute Gasteiger partial charge is 0.317 e. The molecule has 0 spiro atoms. The highest BCUT2D eigenvalue weighted by molar-refractivity contribution is 9.10. The SMILES string of the molecule is CNC(CCc1ccc(C)cc1)Cc1cccc(F)c1Br. The van der Waals surface area contributed by atoms with E-state index in [4.69, 9.17) is 0 Å². The van der Waals surface area contributed by atoms with Gasteiger partial charge >= 0.3 is 0 Å². The van der Waals surface area contributed by atoms with Gasteiger partial charge in [-0.15, -0.1) is 0 Å². The molecule has 112 valence electrons. The molecule has 0 amide bonds. The lowest BCUT2D eigenvalue weighted by Crippen LogP contribution is -2.28. The smallest absolute Gasteiger partial charge is 0.137 e. The summed E-state index contributed by atoms with van der Waals surface area (Å²) < 4.78 is 14.1. The van der Waals surface area contributed by atoms with Gasteiger partial charge in [-0.1, -0.05) is 42.0 Å². The Labute approximate surface area is 134 Å². The highest BCUT2D eigenvalue weighted by Gasteiger charge is 2.12. The third-order valence-electron chi connectivity index (χ3n) is 3.81. The van der Waals surface area contributed by atoms with Crippen LogP contribution in [0.4, 0.5) is 4.39 Å². The third kappa shape index (κ3) is 4.65. The Morgan fingerprint density at radius 3 is 2.52 bits per heavy atom. The van der Waals surface area contributed by atoms with Gasteiger partial charge in [0.2, 0.25) is 0 Å². The Bertz CT molecular complexity index is 580. The summed E-state index contributed by atoms with van der Waals surface area (Å²) in [5.74, 6) is -0.194. The van der Waals surface area contributed by atoms with E-state index < -0.39 is 0 Å². The molecule has 0 aliphatic carbocycles. The Hall–Kier alpha value is -1.19. The van der Waals surface area contributed by atoms with Crippen LogP contribution in [0.15, 0.2) is 46.9 Å². The van der Waals surface area contributed by atoms with E-state index in [1.165, 1.54) is 17.2 Å². The van der Waals surface area contributed by atoms with Crippen molar-refractivity contribution in [2.45, 2.75) is 32.2 Å². The van der Waals surface area contributed by atoms with Crippen molar-refractivity contribution in [1.82, 2.24) is 5.32 Å². The van der Waals surface area contributed by atoms with Crippen LogP contribution in [-0.2, 0) is 12.8 Å². The minimum atomic E-state index is -0.194. The zero-order valence-corrected chi connectivity index (χ0v) is 14.1. The van der Waals surface area contributed by atoms with Gasteiger partial charge in [0.25, 0.3) is 0 Å². The summed E-state index contributed by atoms with van der Waals surface area (Å²) in [6.07, 6.45) is 2.88. The van der Waals surface area contributed by atoms with E-state index in [9.17, 15) is 4.39 Å². The quantitative estimate of drug-likeness (QED) is 0.799. The molecule has 3 heteroatoms. The van der Waals surface area contributed by atoms with Gasteiger partial charge in [-0.25, -0.2) is 4.39 Å². The minimum Gasteiger partial charge on any atom is -0.317 e. The van der Waals surface area contributed by atoms with Crippen LogP contribution in [0.5, 0.6) is 0 Å². The standard InChI is InChI=1S/C18H21BrFN/c1-13-6-8-14(9-7-13)10-11-16(21-2)12-15-4-3-5-17(20)18(15)19/h3-9,16,21H,10-12H2,1-2H3. The Kier molecular flexibility index (Phi) is 5.95. The molecule has 2 rings (SSSR count). The molecule has 21 heavy (non-hydrogen) atoms. The van der Waals surface area contributed by atoms with Crippen LogP contribution >= 0.6 is 15.9 Å². The van der Waals surface area contributed by atoms with Gasteiger partial charge in [0.05, 0.1) is 4.47 Å². The lowest BCUT2D eigenvalue weighted by Gasteiger charge is -2.17. The average Bonchev–Trinajstić information content (AvgIpc) is 2.49. The first-order valence-corrected chi connectivity index (χ1v) is 8.05. The second-order valence-corrected chi connectivity index (χ2v) is 6.22. The van der Waals surface area contributed by atoms with Gasteiger partial charge < -0.3 is 5.32 Å². The van der Waals surface area contributed by atoms with Gasteiger partial charge in [0.1, 0.15) is 5.82 Å². The molecule has 1 N–H and O–H groups in total. The van der Waals surface area contributed by atoms with Crippen LogP contribution in [-0.4, -0.2) is 13.1 Å². The van der Waals surface area contributed by atoms with Crippen molar-refractivity contribution in [2.75, 3.05) is 7.05 Å². The normalized spacial score (nSPS) is 12.4. The monoisotopic (exact) mass is 349 g/mol. The van der Waals surface area contributed by atoms with Crippen LogP contribution in [0.1, 0.15) is 23.1 Å². The molecule has 1 unspecified atom stereocenters. The zero-order chi connectivity index (χ0) is 15.2. The molecular formula is C18H21BrFN. The fourth-order valence-corrected chi connectivity index (χ4v) is 2.84. The van der Waals surface area contributed by atoms with Crippen molar-refractivity contribution >= 4 is 15.9 Å². The number of nitrogens with one attached hydrogen (secondary N) is 1. The zero-order valence-electron chi connectivity index (χ0n) is 12.5. The number of aryl methyl sites for hydroxylation is 2. The second kappa shape index (κ2) is 7.71. The lowest BCUT2D eigenvalue weighted by atomic mass is 9.98. The minimum absolute atomic E-state index is 0.194. The Morgan fingerprint density at radius 1 is 1.14 bits per heavy atom. The lowest BCUT2D eigenvalue weighted by molar-refractivity contribution is 0.517. The molecule has 0 saturated heterocycles. The Balaban J connectivity index is 1.97. The van der Waals surface area contributed by atoms with Crippen molar-refractivity contribution in [2.24, 2.45) is 0 Å². The summed E-state index contributed by atoms with van der Waals surface area (Å²) in [6, 6.07) is 14.2. The summed E-state index contributed by atoms with van der Waals surface area (Å²) in [5, 5.41) is 3.34. The number of rotatable bonds is 6. The fraction of sp³-hybridized carbons (Fsp3) is 0.333. The molecule has 2 aromatic carbocycles. The molecule has 0 aliphatic heterocycles. The van der Waals surface area contributed by atoms with Crippen LogP contribution in [0.25, 0.3) is 0 Å². The van der Waals surface area contributed by atoms with Crippen LogP contribution in [0.3, 0.4) is 0 Å². The molecule has 0 radical (unpaired) electrons. The van der Waals surface area contributed by atoms with Gasteiger partial charge in [-0.2, -0.15) is 0 Å². The molecule has 1 nitrogen and oxygen atoms in total. The number of halogens is 2. The maximum atomic E-state index is 13.6. The summed E-state index contributed by atoms with van der Waals surface area (Å²) >= 11 is 3.34. The fourth-order valence-electron chi connectivity index (χ4n) is 2.42. The van der Waals surface area contributed by atoms with Gasteiger partial charge in [-0.05, 0) is 66.4 Å². The van der Waals surface area contributed by atoms with Crippen LogP contribution in [0.2, 0.25) is 0 Å². The summed E-state index contributed by atoms with van der Waals surface area (Å²) in [6.45, 7) is 2.10. The number of hydrogen-bond acceptors (Lipinski definition) is 1. The molecule has 0 aliphatic rings. The molecular weight excluding hydrogens is 329 g/mol. The number of hydrogen-bond donors (Lipinski definition) is 1. The average molecular weight is 350 g/mol. The summed E-state index contributed by atoms with van der Waals surface area (Å²) in [7, 11) is 1.97. The summed E-state index contributed by atoms with van der Waals surface area (Å²) in [5.41, 5.74) is 3.64. The molecule has 0 bridgehead atoms. The molecule has 1 atom stereocenters. The van der Waals surface area contributed by atoms with E-state index >= 15 is 0 Å². The number of likely N-dealkylation sites (N-methyl/N-ethyl adjacent to an activating group) is 1. The maximum absolute atomic E-state index is 13.6. The topological polar surface area (TPSA) is 12.0 Å². The second-order valence-electron chi connectivity index (χ2n) is 5.43. The predicted molar refractivity (Wildman–Crippen MR) is 90.2 cm³/mol. The van der Waals surface area contributed by atoms with Gasteiger partial charge in [-0.3, -0.25) is 0 Å². The van der Waals surface area contributed by atoms with Crippen molar-refractivity contribution in [3.63, 3.8) is 0 Å². The van der Waals surface area contributed by atoms with E-state index in [1.807, 2.05) is 13.1 Å². The van der Waals surface area contributed by atoms with E-state index in [0.717, 1.165) is 24.8 Å². The van der Waals surface area contributed by atoms with E-state index in [0.29, 0.717) is 10.5 Å². The Morgan fingerprint density at radius 2 is 1.86 bits per heavy atom. The van der Waals surface area contributed by atoms with Crippen molar-refractivity contribution < 1.29 is 4.39 Å². The van der Waals surface area contributed by atoms with Crippen molar-refractivity contribution in [1.29, 1.82) is 0 Å². The summed E-state index contributed by atoms with van der Waals surface area (Å²) in [4.78, 5) is 0. The first-order chi connectivity index (χ1) is 10.1. The van der Waals surface area contributed by atoms with Gasteiger partial charge in [0.15, 0.2) is 0 Å². The van der Waals surface area contributed by atoms with Crippen molar-refractivity contribution in [3.8, 4) is 0 Å². The molecule has 0 heterocycles. The van der Waals surface area contributed by atoms with Crippen LogP contribution in [0, 0.1) is 12.7 Å². The predicted octanol–water partition coefficient (Wildman–Crippen LogP) is 4.66. The highest BCUT2D eigenvalue weighted by Crippen LogP contribution is 2.22. The van der Waals surface area contributed by atoms with Crippen molar-refractivity contribution in [3.05, 3.63) is 69.4 Å². The van der Waals surface area contributed by atoms with Gasteiger partial charge in [0, 0.05) is 6.04 Å². The number of benzene rings is 2. The van der Waals surface area contributed by atoms with E-state index in [1.54, 1.807) is 6.07 Å². The third-order valence-corrected chi connectivity index (χ3v) is 4.70.